The lowest BCUT2D eigenvalue weighted by Crippen LogP contribution is -2.45. The summed E-state index contributed by atoms with van der Waals surface area (Å²) in [4.78, 5) is 2.34. The number of nitrogens with one attached hydrogen (secondary N) is 1. The summed E-state index contributed by atoms with van der Waals surface area (Å²) in [6.45, 7) is 4.69. The molecule has 1 N–H and O–H groups in total. The van der Waals surface area contributed by atoms with Crippen molar-refractivity contribution in [1.29, 1.82) is 0 Å². The van der Waals surface area contributed by atoms with E-state index < -0.39 is 0 Å². The Kier molecular flexibility index (Phi) is 2.69. The molecule has 0 bridgehead atoms. The van der Waals surface area contributed by atoms with Crippen molar-refractivity contribution in [1.82, 2.24) is 10.2 Å². The maximum Gasteiger partial charge on any atom is 0.0139 e. The van der Waals surface area contributed by atoms with Crippen molar-refractivity contribution < 1.29 is 0 Å². The Labute approximate surface area is 63.6 Å². The molecule has 2 heteroatoms. The van der Waals surface area contributed by atoms with Gasteiger partial charge in [-0.3, -0.25) is 0 Å². The van der Waals surface area contributed by atoms with Crippen LogP contribution in [0.15, 0.2) is 0 Å². The molecule has 1 saturated heterocycles. The molecule has 10 heavy (non-hydrogen) atoms. The minimum Gasteiger partial charge on any atom is -0.316 e. The summed E-state index contributed by atoms with van der Waals surface area (Å²) < 4.78 is 0. The fraction of sp³-hybridized carbons (Fsp3) is 1.00. The molecule has 1 heterocycles. The van der Waals surface area contributed by atoms with Crippen LogP contribution in [0, 0.1) is 5.92 Å². The summed E-state index contributed by atoms with van der Waals surface area (Å²) in [6.07, 6.45) is 1.30. The minimum absolute atomic E-state index is 0.793. The zero-order valence-electron chi connectivity index (χ0n) is 7.22. The van der Waals surface area contributed by atoms with Crippen LogP contribution in [0.25, 0.3) is 0 Å². The molecule has 0 amide bonds. The van der Waals surface area contributed by atoms with E-state index in [4.69, 9.17) is 0 Å². The van der Waals surface area contributed by atoms with Crippen LogP contribution in [0.5, 0.6) is 0 Å². The number of rotatable bonds is 1. The lowest BCUT2D eigenvalue weighted by molar-refractivity contribution is 0.178. The largest absolute Gasteiger partial charge is 0.316 e. The van der Waals surface area contributed by atoms with Gasteiger partial charge in [-0.2, -0.15) is 0 Å². The number of piperidine rings is 1. The molecule has 0 spiro atoms. The van der Waals surface area contributed by atoms with Gasteiger partial charge in [0.2, 0.25) is 0 Å². The topological polar surface area (TPSA) is 15.3 Å². The fourth-order valence-corrected chi connectivity index (χ4v) is 1.77. The second kappa shape index (κ2) is 3.35. The zero-order chi connectivity index (χ0) is 7.56. The van der Waals surface area contributed by atoms with E-state index in [1.807, 2.05) is 0 Å². The van der Waals surface area contributed by atoms with Gasteiger partial charge in [-0.15, -0.1) is 0 Å². The maximum absolute atomic E-state index is 3.39. The molecule has 1 rings (SSSR count). The van der Waals surface area contributed by atoms with Crippen LogP contribution in [0.4, 0.5) is 0 Å². The normalized spacial score (nSPS) is 34.8. The third kappa shape index (κ3) is 1.70. The summed E-state index contributed by atoms with van der Waals surface area (Å²) >= 11 is 0. The quantitative estimate of drug-likeness (QED) is 0.575. The Bertz CT molecular complexity index is 101. The van der Waals surface area contributed by atoms with Crippen LogP contribution in [-0.4, -0.2) is 38.1 Å². The lowest BCUT2D eigenvalue weighted by atomic mass is 9.95. The highest BCUT2D eigenvalue weighted by molar-refractivity contribution is 4.79. The molecule has 0 aromatic carbocycles. The van der Waals surface area contributed by atoms with Crippen molar-refractivity contribution in [3.8, 4) is 0 Å². The van der Waals surface area contributed by atoms with E-state index in [1.54, 1.807) is 0 Å². The van der Waals surface area contributed by atoms with Crippen LogP contribution in [-0.2, 0) is 0 Å². The van der Waals surface area contributed by atoms with E-state index in [2.05, 4.69) is 31.2 Å². The van der Waals surface area contributed by atoms with Crippen molar-refractivity contribution in [3.63, 3.8) is 0 Å². The Morgan fingerprint density at radius 3 is 2.50 bits per heavy atom. The summed E-state index contributed by atoms with van der Waals surface area (Å²) in [5.74, 6) is 0.809. The van der Waals surface area contributed by atoms with E-state index in [0.717, 1.165) is 12.0 Å². The van der Waals surface area contributed by atoms with Crippen LogP contribution in [0.3, 0.4) is 0 Å². The smallest absolute Gasteiger partial charge is 0.0139 e. The van der Waals surface area contributed by atoms with E-state index >= 15 is 0 Å². The first-order valence-corrected chi connectivity index (χ1v) is 4.09. The Balaban J connectivity index is 2.40. The van der Waals surface area contributed by atoms with Gasteiger partial charge >= 0.3 is 0 Å². The molecule has 60 valence electrons. The van der Waals surface area contributed by atoms with E-state index in [1.165, 1.54) is 19.5 Å². The number of hydrogen-bond acceptors (Lipinski definition) is 2. The van der Waals surface area contributed by atoms with Gasteiger partial charge in [-0.1, -0.05) is 6.92 Å². The molecule has 1 aliphatic rings. The van der Waals surface area contributed by atoms with E-state index in [0.29, 0.717) is 0 Å². The predicted octanol–water partition coefficient (Wildman–Crippen LogP) is 0.546. The standard InChI is InChI=1S/C8H18N2/c1-7-6-9-5-4-8(7)10(2)3/h7-9H,4-6H2,1-3H3/t7-,8-/m1/s1. The monoisotopic (exact) mass is 142 g/mol. The molecular weight excluding hydrogens is 124 g/mol. The van der Waals surface area contributed by atoms with Gasteiger partial charge in [-0.25, -0.2) is 0 Å². The third-order valence-corrected chi connectivity index (χ3v) is 2.40. The van der Waals surface area contributed by atoms with Gasteiger partial charge in [-0.05, 0) is 39.5 Å². The van der Waals surface area contributed by atoms with Crippen LogP contribution in [0.2, 0.25) is 0 Å². The maximum atomic E-state index is 3.39. The number of hydrogen-bond donors (Lipinski definition) is 1. The number of nitrogens with zero attached hydrogens (tertiary/aromatic N) is 1. The highest BCUT2D eigenvalue weighted by atomic mass is 15.1. The molecule has 0 radical (unpaired) electrons. The average Bonchev–Trinajstić information content (AvgIpc) is 1.88. The van der Waals surface area contributed by atoms with Crippen molar-refractivity contribution in [3.05, 3.63) is 0 Å². The first kappa shape index (κ1) is 8.02. The average molecular weight is 142 g/mol. The molecule has 1 aliphatic heterocycles. The van der Waals surface area contributed by atoms with Gasteiger partial charge in [0.05, 0.1) is 0 Å². The van der Waals surface area contributed by atoms with Gasteiger partial charge < -0.3 is 10.2 Å². The Hall–Kier alpha value is -0.0800. The van der Waals surface area contributed by atoms with Crippen LogP contribution >= 0.6 is 0 Å². The van der Waals surface area contributed by atoms with E-state index in [9.17, 15) is 0 Å². The van der Waals surface area contributed by atoms with Gasteiger partial charge in [0.15, 0.2) is 0 Å². The predicted molar refractivity (Wildman–Crippen MR) is 44.1 cm³/mol. The molecule has 2 atom stereocenters. The zero-order valence-corrected chi connectivity index (χ0v) is 7.22. The second-order valence-corrected chi connectivity index (χ2v) is 3.50. The molecule has 0 aromatic heterocycles. The fourth-order valence-electron chi connectivity index (χ4n) is 1.77. The molecule has 1 fully saturated rings. The highest BCUT2D eigenvalue weighted by Gasteiger charge is 2.21. The van der Waals surface area contributed by atoms with Crippen LogP contribution < -0.4 is 5.32 Å². The first-order chi connectivity index (χ1) is 4.72. The van der Waals surface area contributed by atoms with Crippen molar-refractivity contribution in [2.75, 3.05) is 27.2 Å². The minimum atomic E-state index is 0.793. The molecule has 0 saturated carbocycles. The first-order valence-electron chi connectivity index (χ1n) is 4.09. The summed E-state index contributed by atoms with van der Waals surface area (Å²) in [5.41, 5.74) is 0. The van der Waals surface area contributed by atoms with Crippen molar-refractivity contribution in [2.24, 2.45) is 5.92 Å². The Morgan fingerprint density at radius 2 is 2.10 bits per heavy atom. The Morgan fingerprint density at radius 1 is 1.40 bits per heavy atom. The summed E-state index contributed by atoms with van der Waals surface area (Å²) in [6, 6.07) is 0.793. The molecule has 0 aliphatic carbocycles. The SMILES string of the molecule is C[C@@H]1CNCC[C@H]1N(C)C. The second-order valence-electron chi connectivity index (χ2n) is 3.50. The summed E-state index contributed by atoms with van der Waals surface area (Å²) in [5, 5.41) is 3.39. The summed E-state index contributed by atoms with van der Waals surface area (Å²) in [7, 11) is 4.35. The lowest BCUT2D eigenvalue weighted by Gasteiger charge is -2.34. The van der Waals surface area contributed by atoms with Gasteiger partial charge in [0.25, 0.3) is 0 Å². The molecule has 2 nitrogen and oxygen atoms in total. The van der Waals surface area contributed by atoms with Gasteiger partial charge in [0, 0.05) is 6.04 Å². The molecular formula is C8H18N2. The van der Waals surface area contributed by atoms with Crippen molar-refractivity contribution in [2.45, 2.75) is 19.4 Å². The molecule has 0 aromatic rings. The van der Waals surface area contributed by atoms with Crippen molar-refractivity contribution >= 4 is 0 Å². The highest BCUT2D eigenvalue weighted by Crippen LogP contribution is 2.14. The third-order valence-electron chi connectivity index (χ3n) is 2.40. The van der Waals surface area contributed by atoms with Crippen LogP contribution in [0.1, 0.15) is 13.3 Å². The van der Waals surface area contributed by atoms with E-state index in [-0.39, 0.29) is 0 Å². The molecule has 0 unspecified atom stereocenters. The van der Waals surface area contributed by atoms with Gasteiger partial charge in [0.1, 0.15) is 0 Å².